The summed E-state index contributed by atoms with van der Waals surface area (Å²) in [5, 5.41) is 0. The summed E-state index contributed by atoms with van der Waals surface area (Å²) in [5.41, 5.74) is 6.72. The Kier molecular flexibility index (Phi) is 5.28. The van der Waals surface area contributed by atoms with Crippen molar-refractivity contribution in [3.63, 3.8) is 0 Å². The summed E-state index contributed by atoms with van der Waals surface area (Å²) in [6.07, 6.45) is 9.76. The van der Waals surface area contributed by atoms with Crippen LogP contribution in [0.15, 0.2) is 24.5 Å². The van der Waals surface area contributed by atoms with Gasteiger partial charge in [0, 0.05) is 19.2 Å². The molecular formula is C15H23N3S. The molecule has 1 heterocycles. The van der Waals surface area contributed by atoms with Gasteiger partial charge < -0.3 is 10.6 Å². The van der Waals surface area contributed by atoms with Crippen LogP contribution in [0.1, 0.15) is 32.1 Å². The van der Waals surface area contributed by atoms with Gasteiger partial charge in [0.05, 0.1) is 16.9 Å². The molecule has 1 fully saturated rings. The minimum absolute atomic E-state index is 0.536. The Labute approximate surface area is 121 Å². The smallest absolute Gasteiger partial charge is 0.0852 e. The quantitative estimate of drug-likeness (QED) is 0.859. The van der Waals surface area contributed by atoms with Gasteiger partial charge in [0.1, 0.15) is 0 Å². The average molecular weight is 277 g/mol. The molecule has 0 saturated heterocycles. The molecule has 0 atom stereocenters. The predicted molar refractivity (Wildman–Crippen MR) is 84.4 cm³/mol. The highest BCUT2D eigenvalue weighted by Crippen LogP contribution is 2.32. The highest BCUT2D eigenvalue weighted by Gasteiger charge is 2.25. The third-order valence-corrected chi connectivity index (χ3v) is 4.74. The van der Waals surface area contributed by atoms with E-state index in [1.54, 1.807) is 6.20 Å². The fourth-order valence-corrected chi connectivity index (χ4v) is 3.23. The van der Waals surface area contributed by atoms with Crippen LogP contribution >= 0.6 is 12.2 Å². The van der Waals surface area contributed by atoms with Crippen molar-refractivity contribution in [1.82, 2.24) is 4.98 Å². The van der Waals surface area contributed by atoms with Crippen molar-refractivity contribution in [3.05, 3.63) is 24.5 Å². The largest absolute Gasteiger partial charge is 0.338 e. The molecule has 0 aromatic carbocycles. The fourth-order valence-electron chi connectivity index (χ4n) is 2.89. The lowest BCUT2D eigenvalue weighted by Gasteiger charge is -2.32. The molecule has 2 rings (SSSR count). The van der Waals surface area contributed by atoms with Crippen LogP contribution in [-0.4, -0.2) is 23.6 Å². The number of anilines is 1. The maximum atomic E-state index is 5.66. The second kappa shape index (κ2) is 6.96. The molecule has 2 N–H and O–H groups in total. The Balaban J connectivity index is 1.91. The molecule has 1 aromatic rings. The highest BCUT2D eigenvalue weighted by molar-refractivity contribution is 7.80. The van der Waals surface area contributed by atoms with Gasteiger partial charge >= 0.3 is 0 Å². The lowest BCUT2D eigenvalue weighted by atomic mass is 9.80. The third-order valence-electron chi connectivity index (χ3n) is 4.13. The molecule has 1 aliphatic rings. The van der Waals surface area contributed by atoms with Crippen LogP contribution in [0.5, 0.6) is 0 Å². The lowest BCUT2D eigenvalue weighted by molar-refractivity contribution is 0.310. The molecule has 104 valence electrons. The van der Waals surface area contributed by atoms with Gasteiger partial charge in [-0.15, -0.1) is 0 Å². The van der Waals surface area contributed by atoms with Crippen molar-refractivity contribution in [1.29, 1.82) is 0 Å². The van der Waals surface area contributed by atoms with Crippen molar-refractivity contribution in [2.75, 3.05) is 18.5 Å². The average Bonchev–Trinajstić information content (AvgIpc) is 2.48. The zero-order chi connectivity index (χ0) is 13.7. The maximum Gasteiger partial charge on any atom is 0.0852 e. The topological polar surface area (TPSA) is 42.2 Å². The molecule has 3 nitrogen and oxygen atoms in total. The molecular weight excluding hydrogens is 254 g/mol. The van der Waals surface area contributed by atoms with E-state index in [0.29, 0.717) is 5.92 Å². The van der Waals surface area contributed by atoms with Crippen LogP contribution in [0.3, 0.4) is 0 Å². The van der Waals surface area contributed by atoms with Crippen molar-refractivity contribution in [2.45, 2.75) is 32.1 Å². The van der Waals surface area contributed by atoms with E-state index >= 15 is 0 Å². The first-order valence-electron chi connectivity index (χ1n) is 7.10. The summed E-state index contributed by atoms with van der Waals surface area (Å²) in [6.45, 7) is 0.815. The Morgan fingerprint density at radius 1 is 1.42 bits per heavy atom. The van der Waals surface area contributed by atoms with Crippen molar-refractivity contribution in [3.8, 4) is 0 Å². The van der Waals surface area contributed by atoms with E-state index in [1.807, 2.05) is 19.3 Å². The fraction of sp³-hybridized carbons (Fsp3) is 0.600. The molecule has 0 unspecified atom stereocenters. The number of nitrogens with two attached hydrogens (primary N) is 1. The monoisotopic (exact) mass is 277 g/mol. The van der Waals surface area contributed by atoms with Gasteiger partial charge in [0.2, 0.25) is 0 Å². The molecule has 1 aromatic heterocycles. The number of hydrogen-bond donors (Lipinski definition) is 1. The van der Waals surface area contributed by atoms with E-state index in [9.17, 15) is 0 Å². The van der Waals surface area contributed by atoms with Crippen LogP contribution < -0.4 is 10.6 Å². The van der Waals surface area contributed by atoms with Gasteiger partial charge in [-0.1, -0.05) is 12.2 Å². The molecule has 0 radical (unpaired) electrons. The van der Waals surface area contributed by atoms with Gasteiger partial charge in [-0.05, 0) is 56.7 Å². The Hall–Kier alpha value is -1.00. The zero-order valence-corrected chi connectivity index (χ0v) is 12.4. The van der Waals surface area contributed by atoms with E-state index in [-0.39, 0.29) is 0 Å². The summed E-state index contributed by atoms with van der Waals surface area (Å²) in [6, 6.07) is 4.01. The molecule has 1 saturated carbocycles. The van der Waals surface area contributed by atoms with E-state index in [1.165, 1.54) is 25.7 Å². The van der Waals surface area contributed by atoms with Crippen molar-refractivity contribution in [2.24, 2.45) is 17.6 Å². The predicted octanol–water partition coefficient (Wildman–Crippen LogP) is 3.00. The minimum atomic E-state index is 0.536. The first-order valence-corrected chi connectivity index (χ1v) is 7.51. The summed E-state index contributed by atoms with van der Waals surface area (Å²) in [4.78, 5) is 7.32. The first-order chi connectivity index (χ1) is 9.22. The minimum Gasteiger partial charge on any atom is -0.338 e. The van der Waals surface area contributed by atoms with Crippen LogP contribution in [0, 0.1) is 11.8 Å². The van der Waals surface area contributed by atoms with Crippen LogP contribution in [-0.2, 0) is 0 Å². The van der Waals surface area contributed by atoms with Gasteiger partial charge in [-0.3, -0.25) is 4.98 Å². The number of aromatic nitrogens is 1. The normalized spacial score (nSPS) is 23.1. The lowest BCUT2D eigenvalue weighted by Crippen LogP contribution is -2.33. The Morgan fingerprint density at radius 2 is 2.16 bits per heavy atom. The second-order valence-electron chi connectivity index (χ2n) is 5.40. The van der Waals surface area contributed by atoms with Gasteiger partial charge in [-0.2, -0.15) is 0 Å². The van der Waals surface area contributed by atoms with Gasteiger partial charge in [0.15, 0.2) is 0 Å². The van der Waals surface area contributed by atoms with Gasteiger partial charge in [0.25, 0.3) is 0 Å². The zero-order valence-electron chi connectivity index (χ0n) is 11.6. The number of hydrogen-bond acceptors (Lipinski definition) is 3. The van der Waals surface area contributed by atoms with E-state index < -0.39 is 0 Å². The Morgan fingerprint density at radius 3 is 2.74 bits per heavy atom. The Bertz CT molecular complexity index is 399. The summed E-state index contributed by atoms with van der Waals surface area (Å²) < 4.78 is 0. The van der Waals surface area contributed by atoms with Crippen LogP contribution in [0.25, 0.3) is 0 Å². The summed E-state index contributed by atoms with van der Waals surface area (Å²) in [5.74, 6) is 1.35. The summed E-state index contributed by atoms with van der Waals surface area (Å²) >= 11 is 5.66. The molecule has 19 heavy (non-hydrogen) atoms. The van der Waals surface area contributed by atoms with Crippen molar-refractivity contribution < 1.29 is 0 Å². The number of pyridine rings is 1. The number of nitrogens with zero attached hydrogens (tertiary/aromatic N) is 2. The van der Waals surface area contributed by atoms with E-state index in [0.717, 1.165) is 29.6 Å². The third kappa shape index (κ3) is 3.74. The standard InChI is InChI=1S/C15H23N3S/c1-18(14-3-2-10-17-11-14)15(19)13-6-4-12(5-7-13)8-9-16/h2-3,10-13H,4-9,16H2,1H3/t12-,13-. The first kappa shape index (κ1) is 14.4. The van der Waals surface area contributed by atoms with E-state index in [4.69, 9.17) is 18.0 Å². The molecule has 1 aliphatic carbocycles. The van der Waals surface area contributed by atoms with Crippen LogP contribution in [0.2, 0.25) is 0 Å². The highest BCUT2D eigenvalue weighted by atomic mass is 32.1. The second-order valence-corrected chi connectivity index (χ2v) is 5.82. The van der Waals surface area contributed by atoms with E-state index in [2.05, 4.69) is 16.0 Å². The molecule has 0 spiro atoms. The van der Waals surface area contributed by atoms with Gasteiger partial charge in [-0.25, -0.2) is 0 Å². The molecule has 0 aliphatic heterocycles. The SMILES string of the molecule is CN(c1cccnc1)C(=S)[C@H]1CC[C@H](CCN)CC1. The molecule has 0 bridgehead atoms. The number of rotatable bonds is 4. The molecule has 0 amide bonds. The number of thiocarbonyl (C=S) groups is 1. The molecule has 4 heteroatoms. The van der Waals surface area contributed by atoms with Crippen molar-refractivity contribution >= 4 is 22.9 Å². The van der Waals surface area contributed by atoms with Crippen LogP contribution in [0.4, 0.5) is 5.69 Å². The maximum absolute atomic E-state index is 5.66. The summed E-state index contributed by atoms with van der Waals surface area (Å²) in [7, 11) is 2.05.